The van der Waals surface area contributed by atoms with E-state index in [4.69, 9.17) is 0 Å². The molecule has 3 aliphatic rings. The quantitative estimate of drug-likeness (QED) is 0.620. The van der Waals surface area contributed by atoms with Gasteiger partial charge in [-0.15, -0.1) is 0 Å². The van der Waals surface area contributed by atoms with Crippen molar-refractivity contribution >= 4 is 11.5 Å². The lowest BCUT2D eigenvalue weighted by Crippen LogP contribution is -2.34. The summed E-state index contributed by atoms with van der Waals surface area (Å²) in [5.41, 5.74) is 4.53. The number of carbonyl (C=O) groups is 1. The molecule has 0 N–H and O–H groups in total. The molecule has 0 saturated heterocycles. The van der Waals surface area contributed by atoms with Crippen molar-refractivity contribution < 1.29 is 4.79 Å². The fourth-order valence-electron chi connectivity index (χ4n) is 2.94. The molecule has 1 saturated carbocycles. The first-order valence-corrected chi connectivity index (χ1v) is 5.22. The predicted molar refractivity (Wildman–Crippen MR) is 57.0 cm³/mol. The van der Waals surface area contributed by atoms with Gasteiger partial charge in [0.1, 0.15) is 0 Å². The predicted octanol–water partition coefficient (Wildman–Crippen LogP) is 1.79. The van der Waals surface area contributed by atoms with Gasteiger partial charge in [0.25, 0.3) is 0 Å². The maximum atomic E-state index is 11.9. The van der Waals surface area contributed by atoms with E-state index in [1.165, 1.54) is 16.7 Å². The largest absolute Gasteiger partial charge is 0.292 e. The van der Waals surface area contributed by atoms with Gasteiger partial charge in [0.05, 0.1) is 11.1 Å². The molecule has 1 aromatic carbocycles. The summed E-state index contributed by atoms with van der Waals surface area (Å²) in [4.78, 5) is 16.2. The molecule has 15 heavy (non-hydrogen) atoms. The number of nitrogens with zero attached hydrogens (tertiary/aromatic N) is 1. The van der Waals surface area contributed by atoms with Crippen LogP contribution in [0, 0.1) is 0 Å². The first kappa shape index (κ1) is 7.57. The van der Waals surface area contributed by atoms with Crippen LogP contribution in [0.5, 0.6) is 0 Å². The molecule has 1 aromatic rings. The van der Waals surface area contributed by atoms with Gasteiger partial charge >= 0.3 is 0 Å². The van der Waals surface area contributed by atoms with E-state index in [0.717, 1.165) is 12.1 Å². The Morgan fingerprint density at radius 1 is 1.27 bits per heavy atom. The third-order valence-corrected chi connectivity index (χ3v) is 3.72. The summed E-state index contributed by atoms with van der Waals surface area (Å²) in [7, 11) is 0. The zero-order valence-corrected chi connectivity index (χ0v) is 8.16. The monoisotopic (exact) mass is 195 g/mol. The van der Waals surface area contributed by atoms with Crippen LogP contribution >= 0.6 is 0 Å². The molecule has 72 valence electrons. The Balaban J connectivity index is 2.07. The second-order valence-electron chi connectivity index (χ2n) is 4.47. The van der Waals surface area contributed by atoms with Crippen LogP contribution in [-0.2, 0) is 16.6 Å². The smallest absolute Gasteiger partial charge is 0.182 e. The van der Waals surface area contributed by atoms with E-state index in [9.17, 15) is 4.79 Å². The van der Waals surface area contributed by atoms with Gasteiger partial charge in [0.2, 0.25) is 0 Å². The summed E-state index contributed by atoms with van der Waals surface area (Å²) < 4.78 is 0. The van der Waals surface area contributed by atoms with E-state index in [1.54, 1.807) is 0 Å². The van der Waals surface area contributed by atoms with E-state index in [-0.39, 0.29) is 11.2 Å². The zero-order chi connectivity index (χ0) is 10.0. The van der Waals surface area contributed by atoms with Crippen LogP contribution in [0.4, 0.5) is 0 Å². The summed E-state index contributed by atoms with van der Waals surface area (Å²) in [5, 5.41) is 0. The molecule has 1 aliphatic heterocycles. The van der Waals surface area contributed by atoms with E-state index in [2.05, 4.69) is 23.2 Å². The molecule has 2 heteroatoms. The number of hydrogen-bond acceptors (Lipinski definition) is 2. The van der Waals surface area contributed by atoms with Crippen LogP contribution in [0.25, 0.3) is 0 Å². The fourth-order valence-corrected chi connectivity index (χ4v) is 2.94. The molecule has 0 bridgehead atoms. The van der Waals surface area contributed by atoms with Gasteiger partial charge in [-0.25, -0.2) is 0 Å². The Labute approximate surface area is 87.3 Å². The minimum absolute atomic E-state index is 0.0775. The number of aliphatic imine (C=N–C) groups is 1. The number of benzene rings is 1. The van der Waals surface area contributed by atoms with E-state index in [0.29, 0.717) is 6.42 Å². The Bertz CT molecular complexity index is 568. The van der Waals surface area contributed by atoms with Gasteiger partial charge in [-0.2, -0.15) is 0 Å². The molecular weight excluding hydrogens is 186 g/mol. The average Bonchev–Trinajstić information content (AvgIpc) is 2.84. The van der Waals surface area contributed by atoms with Gasteiger partial charge in [-0.05, 0) is 23.1 Å². The highest BCUT2D eigenvalue weighted by molar-refractivity contribution is 6.47. The first-order valence-electron chi connectivity index (χ1n) is 5.22. The number of ketones is 1. The third kappa shape index (κ3) is 0.696. The van der Waals surface area contributed by atoms with Crippen LogP contribution in [0.1, 0.15) is 17.5 Å². The lowest BCUT2D eigenvalue weighted by Gasteiger charge is -2.23. The molecule has 4 rings (SSSR count). The second-order valence-corrected chi connectivity index (χ2v) is 4.47. The van der Waals surface area contributed by atoms with Gasteiger partial charge < -0.3 is 0 Å². The molecule has 2 aliphatic carbocycles. The summed E-state index contributed by atoms with van der Waals surface area (Å²) in [6.07, 6.45) is 3.42. The summed E-state index contributed by atoms with van der Waals surface area (Å²) in [6, 6.07) is 8.26. The Morgan fingerprint density at radius 2 is 2.13 bits per heavy atom. The standard InChI is InChI=1S/C13H9NO/c15-11-5-8-3-1-2-4-10(8)13-6-9(13)7-14-12(11)13/h1-4,7H,5-6H2. The molecule has 1 atom stereocenters. The third-order valence-electron chi connectivity index (χ3n) is 3.72. The number of carbonyl (C=O) groups excluding carboxylic acids is 1. The topological polar surface area (TPSA) is 29.4 Å². The molecule has 1 fully saturated rings. The van der Waals surface area contributed by atoms with Crippen LogP contribution in [-0.4, -0.2) is 11.5 Å². The Hall–Kier alpha value is -1.70. The molecule has 0 radical (unpaired) electrons. The minimum atomic E-state index is -0.0775. The lowest BCUT2D eigenvalue weighted by molar-refractivity contribution is -0.112. The van der Waals surface area contributed by atoms with Crippen molar-refractivity contribution in [1.82, 2.24) is 0 Å². The average molecular weight is 195 g/mol. The number of rotatable bonds is 0. The van der Waals surface area contributed by atoms with Crippen molar-refractivity contribution in [3.8, 4) is 0 Å². The van der Waals surface area contributed by atoms with Gasteiger partial charge in [0, 0.05) is 12.6 Å². The molecule has 2 nitrogen and oxygen atoms in total. The van der Waals surface area contributed by atoms with Gasteiger partial charge in [0.15, 0.2) is 5.78 Å². The highest BCUT2D eigenvalue weighted by Crippen LogP contribution is 2.60. The zero-order valence-electron chi connectivity index (χ0n) is 8.16. The van der Waals surface area contributed by atoms with Crippen molar-refractivity contribution in [3.63, 3.8) is 0 Å². The summed E-state index contributed by atoms with van der Waals surface area (Å²) >= 11 is 0. The Morgan fingerprint density at radius 3 is 3.00 bits per heavy atom. The van der Waals surface area contributed by atoms with Crippen molar-refractivity contribution in [2.75, 3.05) is 0 Å². The number of Topliss-reactive ketones (excluding diaryl/α,β-unsaturated/α-hetero) is 1. The number of fused-ring (bicyclic) bond motifs is 1. The van der Waals surface area contributed by atoms with E-state index < -0.39 is 0 Å². The number of hydrogen-bond donors (Lipinski definition) is 0. The maximum absolute atomic E-state index is 11.9. The molecular formula is C13H9NO. The molecule has 1 spiro atoms. The van der Waals surface area contributed by atoms with Crippen molar-refractivity contribution in [2.45, 2.75) is 18.3 Å². The highest BCUT2D eigenvalue weighted by Gasteiger charge is 2.61. The van der Waals surface area contributed by atoms with Crippen molar-refractivity contribution in [1.29, 1.82) is 0 Å². The second kappa shape index (κ2) is 2.11. The van der Waals surface area contributed by atoms with E-state index >= 15 is 0 Å². The van der Waals surface area contributed by atoms with Crippen LogP contribution < -0.4 is 0 Å². The lowest BCUT2D eigenvalue weighted by atomic mass is 9.78. The van der Waals surface area contributed by atoms with Crippen LogP contribution in [0.15, 0.2) is 41.0 Å². The van der Waals surface area contributed by atoms with Crippen molar-refractivity contribution in [3.05, 3.63) is 47.2 Å². The normalized spacial score (nSPS) is 30.0. The maximum Gasteiger partial charge on any atom is 0.182 e. The SMILES string of the molecule is O=C1Cc2ccccc2C23CC2=CN=C13. The highest BCUT2D eigenvalue weighted by atomic mass is 16.1. The fraction of sp³-hybridized carbons (Fsp3) is 0.231. The van der Waals surface area contributed by atoms with Gasteiger partial charge in [-0.3, -0.25) is 9.79 Å². The Kier molecular flexibility index (Phi) is 1.06. The summed E-state index contributed by atoms with van der Waals surface area (Å²) in [5.74, 6) is 0.206. The summed E-state index contributed by atoms with van der Waals surface area (Å²) in [6.45, 7) is 0. The van der Waals surface area contributed by atoms with Crippen LogP contribution in [0.2, 0.25) is 0 Å². The van der Waals surface area contributed by atoms with Gasteiger partial charge in [-0.1, -0.05) is 24.3 Å². The van der Waals surface area contributed by atoms with Crippen molar-refractivity contribution in [2.24, 2.45) is 4.99 Å². The molecule has 1 unspecified atom stereocenters. The van der Waals surface area contributed by atoms with E-state index in [1.807, 2.05) is 12.3 Å². The molecule has 0 amide bonds. The minimum Gasteiger partial charge on any atom is -0.292 e. The van der Waals surface area contributed by atoms with Crippen LogP contribution in [0.3, 0.4) is 0 Å². The molecule has 1 heterocycles. The number of allylic oxidation sites excluding steroid dienone is 1. The molecule has 0 aromatic heterocycles. The first-order chi connectivity index (χ1) is 7.32.